The molecule has 1 aromatic carbocycles. The maximum absolute atomic E-state index is 11.9. The van der Waals surface area contributed by atoms with E-state index in [4.69, 9.17) is 15.0 Å². The lowest BCUT2D eigenvalue weighted by Gasteiger charge is -2.30. The van der Waals surface area contributed by atoms with Crippen LogP contribution in [0.1, 0.15) is 44.9 Å². The van der Waals surface area contributed by atoms with Gasteiger partial charge in [0.15, 0.2) is 11.6 Å². The molecule has 11 heteroatoms. The molecule has 2 saturated heterocycles. The summed E-state index contributed by atoms with van der Waals surface area (Å²) in [6.45, 7) is 6.44. The Morgan fingerprint density at radius 1 is 1.00 bits per heavy atom. The van der Waals surface area contributed by atoms with Crippen LogP contribution >= 0.6 is 0 Å². The molecule has 3 fully saturated rings. The van der Waals surface area contributed by atoms with Crippen molar-refractivity contribution in [3.8, 4) is 5.75 Å². The van der Waals surface area contributed by atoms with Crippen LogP contribution in [0.4, 0.5) is 20.7 Å². The lowest BCUT2D eigenvalue weighted by Crippen LogP contribution is -2.35. The Balaban J connectivity index is 0.000000301. The van der Waals surface area contributed by atoms with Gasteiger partial charge < -0.3 is 24.8 Å². The highest BCUT2D eigenvalue weighted by Crippen LogP contribution is 2.46. The zero-order valence-electron chi connectivity index (χ0n) is 21.0. The van der Waals surface area contributed by atoms with Crippen molar-refractivity contribution in [2.45, 2.75) is 50.5 Å². The monoisotopic (exact) mass is 513 g/mol. The van der Waals surface area contributed by atoms with E-state index in [9.17, 15) is 8.78 Å². The third-order valence-corrected chi connectivity index (χ3v) is 7.25. The Morgan fingerprint density at radius 3 is 2.19 bits per heavy atom. The van der Waals surface area contributed by atoms with E-state index < -0.39 is 11.6 Å². The third-order valence-electron chi connectivity index (χ3n) is 7.25. The fraction of sp³-hybridized carbons (Fsp3) is 0.538. The quantitative estimate of drug-likeness (QED) is 0.528. The molecule has 1 aliphatic carbocycles. The molecular formula is C26H33F2N7O2. The predicted molar refractivity (Wildman–Crippen MR) is 135 cm³/mol. The van der Waals surface area contributed by atoms with Crippen LogP contribution in [0, 0.1) is 17.6 Å². The Hall–Kier alpha value is -3.34. The molecular weight excluding hydrogens is 480 g/mol. The van der Waals surface area contributed by atoms with Crippen LogP contribution in [0.15, 0.2) is 41.2 Å². The molecule has 198 valence electrons. The standard InChI is InChI=1S/C20H29N7O2.C6H4F2/c1-20(5-6-20)17-24-19(29-25-17)26-7-2-14(3-8-26)13-28-16-10-22-18(23-11-16)27-9-4-15(21)12-27;7-5-1-2-6(8)4-3-5/h10-11,14-15H,2-9,12-13,21H2,1H3;1-4H. The summed E-state index contributed by atoms with van der Waals surface area (Å²) in [7, 11) is 0. The van der Waals surface area contributed by atoms with Crippen LogP contribution in [-0.2, 0) is 5.41 Å². The topological polar surface area (TPSA) is 106 Å². The molecule has 2 aromatic heterocycles. The van der Waals surface area contributed by atoms with Crippen LogP contribution < -0.4 is 20.3 Å². The molecule has 2 aliphatic heterocycles. The summed E-state index contributed by atoms with van der Waals surface area (Å²) < 4.78 is 35.3. The first kappa shape index (κ1) is 25.3. The molecule has 2 N–H and O–H groups in total. The van der Waals surface area contributed by atoms with Crippen molar-refractivity contribution in [2.24, 2.45) is 11.7 Å². The zero-order valence-corrected chi connectivity index (χ0v) is 21.0. The molecule has 3 aliphatic rings. The normalized spacial score (nSPS) is 20.9. The van der Waals surface area contributed by atoms with Gasteiger partial charge in [-0.05, 0) is 62.3 Å². The van der Waals surface area contributed by atoms with Gasteiger partial charge in [0.2, 0.25) is 5.95 Å². The largest absolute Gasteiger partial charge is 0.490 e. The van der Waals surface area contributed by atoms with Gasteiger partial charge in [0.05, 0.1) is 19.0 Å². The minimum Gasteiger partial charge on any atom is -0.490 e. The second-order valence-corrected chi connectivity index (χ2v) is 10.4. The van der Waals surface area contributed by atoms with E-state index in [2.05, 4.69) is 36.8 Å². The third kappa shape index (κ3) is 6.51. The van der Waals surface area contributed by atoms with Gasteiger partial charge in [0.25, 0.3) is 0 Å². The number of nitrogens with zero attached hydrogens (tertiary/aromatic N) is 6. The molecule has 0 radical (unpaired) electrons. The van der Waals surface area contributed by atoms with E-state index >= 15 is 0 Å². The van der Waals surface area contributed by atoms with Crippen LogP contribution in [0.2, 0.25) is 0 Å². The molecule has 37 heavy (non-hydrogen) atoms. The average Bonchev–Trinajstić information content (AvgIpc) is 3.29. The molecule has 0 spiro atoms. The lowest BCUT2D eigenvalue weighted by molar-refractivity contribution is 0.219. The number of rotatable bonds is 6. The molecule has 1 unspecified atom stereocenters. The summed E-state index contributed by atoms with van der Waals surface area (Å²) in [4.78, 5) is 17.8. The molecule has 3 aromatic rings. The van der Waals surface area contributed by atoms with Crippen molar-refractivity contribution in [3.05, 3.63) is 54.1 Å². The highest BCUT2D eigenvalue weighted by Gasteiger charge is 2.44. The smallest absolute Gasteiger partial charge is 0.324 e. The van der Waals surface area contributed by atoms with Crippen LogP contribution in [0.25, 0.3) is 0 Å². The highest BCUT2D eigenvalue weighted by atomic mass is 19.1. The van der Waals surface area contributed by atoms with Gasteiger partial charge in [0, 0.05) is 37.6 Å². The number of piperidine rings is 1. The van der Waals surface area contributed by atoms with Gasteiger partial charge in [-0.25, -0.2) is 18.7 Å². The van der Waals surface area contributed by atoms with Gasteiger partial charge in [-0.1, -0.05) is 12.1 Å². The Kier molecular flexibility index (Phi) is 7.50. The van der Waals surface area contributed by atoms with Gasteiger partial charge in [-0.2, -0.15) is 4.98 Å². The molecule has 1 saturated carbocycles. The van der Waals surface area contributed by atoms with E-state index in [1.165, 1.54) is 0 Å². The number of nitrogens with two attached hydrogens (primary N) is 1. The fourth-order valence-electron chi connectivity index (χ4n) is 4.45. The number of ether oxygens (including phenoxy) is 1. The summed E-state index contributed by atoms with van der Waals surface area (Å²) in [6.07, 6.45) is 8.91. The maximum atomic E-state index is 11.9. The average molecular weight is 514 g/mol. The van der Waals surface area contributed by atoms with Crippen molar-refractivity contribution < 1.29 is 18.0 Å². The van der Waals surface area contributed by atoms with Crippen molar-refractivity contribution in [1.29, 1.82) is 0 Å². The lowest BCUT2D eigenvalue weighted by atomic mass is 9.98. The first-order valence-corrected chi connectivity index (χ1v) is 12.8. The molecule has 1 atom stereocenters. The number of anilines is 2. The van der Waals surface area contributed by atoms with Gasteiger partial charge in [-0.3, -0.25) is 0 Å². The zero-order chi connectivity index (χ0) is 25.8. The summed E-state index contributed by atoms with van der Waals surface area (Å²) >= 11 is 0. The van der Waals surface area contributed by atoms with Gasteiger partial charge in [-0.15, -0.1) is 0 Å². The Bertz CT molecular complexity index is 1130. The van der Waals surface area contributed by atoms with Crippen LogP contribution in [-0.4, -0.2) is 58.9 Å². The molecule has 9 nitrogen and oxygen atoms in total. The summed E-state index contributed by atoms with van der Waals surface area (Å²) in [5, 5.41) is 4.18. The number of hydrogen-bond acceptors (Lipinski definition) is 9. The fourth-order valence-corrected chi connectivity index (χ4v) is 4.45. The molecule has 0 bridgehead atoms. The number of halogens is 2. The molecule has 0 amide bonds. The maximum Gasteiger partial charge on any atom is 0.324 e. The predicted octanol–water partition coefficient (Wildman–Crippen LogP) is 3.71. The SMILES string of the molecule is CC1(c2noc(N3CCC(COc4cnc(N5CCC(N)C5)nc4)CC3)n2)CC1.Fc1ccc(F)cc1. The van der Waals surface area contributed by atoms with E-state index in [0.29, 0.717) is 18.5 Å². The van der Waals surface area contributed by atoms with E-state index in [1.807, 2.05) is 0 Å². The van der Waals surface area contributed by atoms with Crippen molar-refractivity contribution >= 4 is 12.0 Å². The van der Waals surface area contributed by atoms with Crippen molar-refractivity contribution in [1.82, 2.24) is 20.1 Å². The van der Waals surface area contributed by atoms with Crippen molar-refractivity contribution in [2.75, 3.05) is 42.6 Å². The van der Waals surface area contributed by atoms with Gasteiger partial charge in [0.1, 0.15) is 11.6 Å². The second-order valence-electron chi connectivity index (χ2n) is 10.4. The summed E-state index contributed by atoms with van der Waals surface area (Å²) in [6, 6.07) is 5.20. The summed E-state index contributed by atoms with van der Waals surface area (Å²) in [5.41, 5.74) is 6.10. The summed E-state index contributed by atoms with van der Waals surface area (Å²) in [5.74, 6) is 2.00. The number of benzene rings is 1. The van der Waals surface area contributed by atoms with Crippen LogP contribution in [0.5, 0.6) is 5.75 Å². The van der Waals surface area contributed by atoms with E-state index in [-0.39, 0.29) is 11.5 Å². The molecule has 4 heterocycles. The first-order valence-electron chi connectivity index (χ1n) is 12.8. The Morgan fingerprint density at radius 2 is 1.62 bits per heavy atom. The van der Waals surface area contributed by atoms with E-state index in [1.54, 1.807) is 12.4 Å². The Labute approximate surface area is 215 Å². The highest BCUT2D eigenvalue weighted by molar-refractivity contribution is 5.33. The number of aromatic nitrogens is 4. The molecule has 6 rings (SSSR count). The van der Waals surface area contributed by atoms with Gasteiger partial charge >= 0.3 is 6.01 Å². The first-order chi connectivity index (χ1) is 17.9. The van der Waals surface area contributed by atoms with Crippen molar-refractivity contribution in [3.63, 3.8) is 0 Å². The minimum absolute atomic E-state index is 0.145. The second kappa shape index (κ2) is 11.0. The number of hydrogen-bond donors (Lipinski definition) is 1. The van der Waals surface area contributed by atoms with E-state index in [0.717, 1.165) is 100 Å². The van der Waals surface area contributed by atoms with Crippen LogP contribution in [0.3, 0.4) is 0 Å². The minimum atomic E-state index is -0.411.